The maximum atomic E-state index is 6.13. The normalized spacial score (nSPS) is 10.8. The van der Waals surface area contributed by atoms with Gasteiger partial charge in [-0.25, -0.2) is 0 Å². The molecule has 3 nitrogen and oxygen atoms in total. The highest BCUT2D eigenvalue weighted by Crippen LogP contribution is 2.24. The van der Waals surface area contributed by atoms with E-state index in [0.29, 0.717) is 16.6 Å². The summed E-state index contributed by atoms with van der Waals surface area (Å²) in [5, 5.41) is 8.91. The smallest absolute Gasteiger partial charge is 0.0688 e. The third kappa shape index (κ3) is 3.25. The van der Waals surface area contributed by atoms with Crippen molar-refractivity contribution in [1.29, 1.82) is 0 Å². The fourth-order valence-corrected chi connectivity index (χ4v) is 2.22. The Kier molecular flexibility index (Phi) is 4.64. The molecule has 0 saturated carbocycles. The van der Waals surface area contributed by atoms with Crippen LogP contribution in [0.5, 0.6) is 0 Å². The molecule has 0 unspecified atom stereocenters. The van der Waals surface area contributed by atoms with E-state index in [1.807, 2.05) is 35.3 Å². The lowest BCUT2D eigenvalue weighted by atomic mass is 10.2. The number of hydrogen-bond donors (Lipinski definition) is 1. The number of rotatable bonds is 5. The summed E-state index contributed by atoms with van der Waals surface area (Å²) in [5.74, 6) is 0. The second-order valence-electron chi connectivity index (χ2n) is 4.03. The van der Waals surface area contributed by atoms with Gasteiger partial charge in [0.05, 0.1) is 12.7 Å². The Morgan fingerprint density at radius 1 is 1.28 bits per heavy atom. The van der Waals surface area contributed by atoms with Crippen LogP contribution in [0.1, 0.15) is 18.1 Å². The third-order valence-corrected chi connectivity index (χ3v) is 3.36. The van der Waals surface area contributed by atoms with Gasteiger partial charge >= 0.3 is 0 Å². The largest absolute Gasteiger partial charge is 0.313 e. The first-order valence-electron chi connectivity index (χ1n) is 5.85. The Hall–Kier alpha value is -1.03. The summed E-state index contributed by atoms with van der Waals surface area (Å²) < 4.78 is 1.85. The summed E-state index contributed by atoms with van der Waals surface area (Å²) in [6.07, 6.45) is 3.86. The van der Waals surface area contributed by atoms with Crippen molar-refractivity contribution in [3.05, 3.63) is 51.8 Å². The van der Waals surface area contributed by atoms with Crippen LogP contribution >= 0.6 is 23.2 Å². The van der Waals surface area contributed by atoms with Crippen LogP contribution in [0.3, 0.4) is 0 Å². The van der Waals surface area contributed by atoms with Crippen LogP contribution in [0, 0.1) is 0 Å². The van der Waals surface area contributed by atoms with E-state index >= 15 is 0 Å². The number of nitrogens with one attached hydrogen (secondary N) is 1. The van der Waals surface area contributed by atoms with E-state index in [1.165, 1.54) is 0 Å². The molecule has 96 valence electrons. The maximum Gasteiger partial charge on any atom is 0.0688 e. The monoisotopic (exact) mass is 283 g/mol. The molecule has 0 saturated heterocycles. The molecule has 0 bridgehead atoms. The molecule has 0 spiro atoms. The highest BCUT2D eigenvalue weighted by Gasteiger charge is 2.07. The lowest BCUT2D eigenvalue weighted by Gasteiger charge is -2.06. The molecule has 0 aliphatic carbocycles. The molecule has 1 aromatic heterocycles. The summed E-state index contributed by atoms with van der Waals surface area (Å²) in [5.41, 5.74) is 2.05. The van der Waals surface area contributed by atoms with Crippen LogP contribution in [0.25, 0.3) is 0 Å². The van der Waals surface area contributed by atoms with E-state index < -0.39 is 0 Å². The Labute approximate surface area is 117 Å². The zero-order valence-electron chi connectivity index (χ0n) is 10.2. The SMILES string of the molecule is CCNCc1cnn(Cc2c(Cl)cccc2Cl)c1. The molecule has 0 radical (unpaired) electrons. The minimum atomic E-state index is 0.588. The fraction of sp³-hybridized carbons (Fsp3) is 0.308. The Morgan fingerprint density at radius 2 is 2.00 bits per heavy atom. The summed E-state index contributed by atoms with van der Waals surface area (Å²) in [7, 11) is 0. The molecule has 0 atom stereocenters. The van der Waals surface area contributed by atoms with Crippen LogP contribution in [0.15, 0.2) is 30.6 Å². The van der Waals surface area contributed by atoms with E-state index in [4.69, 9.17) is 23.2 Å². The molecule has 0 amide bonds. The Balaban J connectivity index is 2.11. The van der Waals surface area contributed by atoms with Crippen molar-refractivity contribution in [2.45, 2.75) is 20.0 Å². The van der Waals surface area contributed by atoms with Crippen molar-refractivity contribution in [3.63, 3.8) is 0 Å². The van der Waals surface area contributed by atoms with Crippen molar-refractivity contribution < 1.29 is 0 Å². The molecular formula is C13H15Cl2N3. The van der Waals surface area contributed by atoms with Gasteiger partial charge in [0.2, 0.25) is 0 Å². The molecular weight excluding hydrogens is 269 g/mol. The molecule has 1 N–H and O–H groups in total. The van der Waals surface area contributed by atoms with Crippen molar-refractivity contribution in [1.82, 2.24) is 15.1 Å². The van der Waals surface area contributed by atoms with Gasteiger partial charge in [0.1, 0.15) is 0 Å². The number of hydrogen-bond acceptors (Lipinski definition) is 2. The maximum absolute atomic E-state index is 6.13. The minimum absolute atomic E-state index is 0.588. The van der Waals surface area contributed by atoms with Gasteiger partial charge in [0.15, 0.2) is 0 Å². The van der Waals surface area contributed by atoms with Crippen LogP contribution in [0.2, 0.25) is 10.0 Å². The zero-order valence-corrected chi connectivity index (χ0v) is 11.7. The number of benzene rings is 1. The molecule has 2 aromatic rings. The number of aromatic nitrogens is 2. The summed E-state index contributed by atoms with van der Waals surface area (Å²) >= 11 is 12.3. The van der Waals surface area contributed by atoms with Crippen molar-refractivity contribution in [2.75, 3.05) is 6.54 Å². The van der Waals surface area contributed by atoms with Crippen LogP contribution in [0.4, 0.5) is 0 Å². The third-order valence-electron chi connectivity index (χ3n) is 2.65. The first-order valence-corrected chi connectivity index (χ1v) is 6.61. The average molecular weight is 284 g/mol. The molecule has 5 heteroatoms. The summed E-state index contributed by atoms with van der Waals surface area (Å²) in [6.45, 7) is 4.44. The molecule has 1 heterocycles. The van der Waals surface area contributed by atoms with Gasteiger partial charge < -0.3 is 5.32 Å². The molecule has 0 aliphatic rings. The second kappa shape index (κ2) is 6.23. The molecule has 0 aliphatic heterocycles. The predicted octanol–water partition coefficient (Wildman–Crippen LogP) is 3.35. The first kappa shape index (κ1) is 13.4. The van der Waals surface area contributed by atoms with Gasteiger partial charge in [-0.15, -0.1) is 0 Å². The Morgan fingerprint density at radius 3 is 2.67 bits per heavy atom. The predicted molar refractivity (Wildman–Crippen MR) is 75.2 cm³/mol. The van der Waals surface area contributed by atoms with Gasteiger partial charge in [0.25, 0.3) is 0 Å². The highest BCUT2D eigenvalue weighted by atomic mass is 35.5. The lowest BCUT2D eigenvalue weighted by molar-refractivity contribution is 0.683. The van der Waals surface area contributed by atoms with E-state index in [1.54, 1.807) is 0 Å². The first-order chi connectivity index (χ1) is 8.70. The minimum Gasteiger partial charge on any atom is -0.313 e. The van der Waals surface area contributed by atoms with Gasteiger partial charge in [0, 0.05) is 33.9 Å². The zero-order chi connectivity index (χ0) is 13.0. The van der Waals surface area contributed by atoms with Gasteiger partial charge in [-0.05, 0) is 18.7 Å². The molecule has 0 fully saturated rings. The van der Waals surface area contributed by atoms with E-state index in [9.17, 15) is 0 Å². The molecule has 1 aromatic carbocycles. The van der Waals surface area contributed by atoms with Gasteiger partial charge in [-0.2, -0.15) is 5.10 Å². The number of nitrogens with zero attached hydrogens (tertiary/aromatic N) is 2. The summed E-state index contributed by atoms with van der Waals surface area (Å²) in [4.78, 5) is 0. The van der Waals surface area contributed by atoms with E-state index in [2.05, 4.69) is 17.3 Å². The van der Waals surface area contributed by atoms with E-state index in [0.717, 1.165) is 24.2 Å². The summed E-state index contributed by atoms with van der Waals surface area (Å²) in [6, 6.07) is 5.52. The van der Waals surface area contributed by atoms with Crippen molar-refractivity contribution in [3.8, 4) is 0 Å². The van der Waals surface area contributed by atoms with Crippen LogP contribution < -0.4 is 5.32 Å². The van der Waals surface area contributed by atoms with Crippen molar-refractivity contribution >= 4 is 23.2 Å². The lowest BCUT2D eigenvalue weighted by Crippen LogP contribution is -2.11. The molecule has 2 rings (SSSR count). The van der Waals surface area contributed by atoms with Gasteiger partial charge in [-0.1, -0.05) is 36.2 Å². The van der Waals surface area contributed by atoms with Crippen molar-refractivity contribution in [2.24, 2.45) is 0 Å². The standard InChI is InChI=1S/C13H15Cl2N3/c1-2-16-6-10-7-17-18(8-10)9-11-12(14)4-3-5-13(11)15/h3-5,7-8,16H,2,6,9H2,1H3. The second-order valence-corrected chi connectivity index (χ2v) is 4.84. The fourth-order valence-electron chi connectivity index (χ4n) is 1.70. The van der Waals surface area contributed by atoms with E-state index in [-0.39, 0.29) is 0 Å². The topological polar surface area (TPSA) is 29.9 Å². The van der Waals surface area contributed by atoms with Crippen LogP contribution in [-0.2, 0) is 13.1 Å². The van der Waals surface area contributed by atoms with Gasteiger partial charge in [-0.3, -0.25) is 4.68 Å². The quantitative estimate of drug-likeness (QED) is 0.912. The van der Waals surface area contributed by atoms with Crippen LogP contribution in [-0.4, -0.2) is 16.3 Å². The Bertz CT molecular complexity index is 502. The highest BCUT2D eigenvalue weighted by molar-refractivity contribution is 6.35. The number of halogens is 2. The average Bonchev–Trinajstić information content (AvgIpc) is 2.79. The molecule has 18 heavy (non-hydrogen) atoms.